The lowest BCUT2D eigenvalue weighted by molar-refractivity contribution is -0.184. The van der Waals surface area contributed by atoms with Crippen LogP contribution >= 0.6 is 0 Å². The SMILES string of the molecule is CC(=O)Nc1ccc(NC(=O)[C@H](C)OCC(F)(F)F)cc1. The van der Waals surface area contributed by atoms with Gasteiger partial charge in [0.15, 0.2) is 0 Å². The van der Waals surface area contributed by atoms with Gasteiger partial charge in [0.1, 0.15) is 12.7 Å². The number of carbonyl (C=O) groups excluding carboxylic acids is 2. The van der Waals surface area contributed by atoms with E-state index in [0.717, 1.165) is 0 Å². The van der Waals surface area contributed by atoms with Crippen LogP contribution in [0.5, 0.6) is 0 Å². The molecule has 116 valence electrons. The van der Waals surface area contributed by atoms with Gasteiger partial charge >= 0.3 is 6.18 Å². The molecule has 0 aliphatic rings. The maximum atomic E-state index is 12.0. The van der Waals surface area contributed by atoms with Crippen molar-refractivity contribution in [2.24, 2.45) is 0 Å². The molecule has 0 unspecified atom stereocenters. The summed E-state index contributed by atoms with van der Waals surface area (Å²) in [6.07, 6.45) is -5.71. The van der Waals surface area contributed by atoms with Gasteiger partial charge in [-0.3, -0.25) is 9.59 Å². The molecule has 0 bridgehead atoms. The van der Waals surface area contributed by atoms with Gasteiger partial charge in [-0.2, -0.15) is 13.2 Å². The van der Waals surface area contributed by atoms with Gasteiger partial charge in [0.25, 0.3) is 5.91 Å². The van der Waals surface area contributed by atoms with Crippen molar-refractivity contribution in [1.82, 2.24) is 0 Å². The molecule has 0 aromatic heterocycles. The number of ether oxygens (including phenoxy) is 1. The van der Waals surface area contributed by atoms with Crippen LogP contribution in [0.3, 0.4) is 0 Å². The van der Waals surface area contributed by atoms with Crippen molar-refractivity contribution in [2.45, 2.75) is 26.1 Å². The van der Waals surface area contributed by atoms with Crippen LogP contribution in [-0.2, 0) is 14.3 Å². The molecule has 1 rings (SSSR count). The van der Waals surface area contributed by atoms with Crippen LogP contribution in [0.1, 0.15) is 13.8 Å². The number of amides is 2. The van der Waals surface area contributed by atoms with E-state index in [1.54, 1.807) is 12.1 Å². The van der Waals surface area contributed by atoms with Gasteiger partial charge < -0.3 is 15.4 Å². The van der Waals surface area contributed by atoms with Gasteiger partial charge in [0.05, 0.1) is 0 Å². The predicted molar refractivity (Wildman–Crippen MR) is 70.8 cm³/mol. The number of anilines is 2. The quantitative estimate of drug-likeness (QED) is 0.878. The van der Waals surface area contributed by atoms with Gasteiger partial charge in [-0.25, -0.2) is 0 Å². The summed E-state index contributed by atoms with van der Waals surface area (Å²) in [4.78, 5) is 22.4. The molecule has 2 amide bonds. The second-order valence-electron chi connectivity index (χ2n) is 4.32. The fourth-order valence-corrected chi connectivity index (χ4v) is 1.38. The third-order valence-corrected chi connectivity index (χ3v) is 2.34. The highest BCUT2D eigenvalue weighted by Crippen LogP contribution is 2.17. The van der Waals surface area contributed by atoms with E-state index in [9.17, 15) is 22.8 Å². The minimum atomic E-state index is -4.48. The molecule has 0 saturated heterocycles. The normalized spacial score (nSPS) is 12.6. The summed E-state index contributed by atoms with van der Waals surface area (Å²) in [5.41, 5.74) is 0.929. The first-order valence-corrected chi connectivity index (χ1v) is 6.04. The van der Waals surface area contributed by atoms with Crippen LogP contribution in [0.2, 0.25) is 0 Å². The number of hydrogen-bond acceptors (Lipinski definition) is 3. The summed E-state index contributed by atoms with van der Waals surface area (Å²) in [5, 5.41) is 4.96. The monoisotopic (exact) mass is 304 g/mol. The van der Waals surface area contributed by atoms with E-state index >= 15 is 0 Å². The average molecular weight is 304 g/mol. The highest BCUT2D eigenvalue weighted by Gasteiger charge is 2.29. The molecule has 2 N–H and O–H groups in total. The molecular weight excluding hydrogens is 289 g/mol. The topological polar surface area (TPSA) is 67.4 Å². The van der Waals surface area contributed by atoms with Gasteiger partial charge in [0.2, 0.25) is 5.91 Å². The summed E-state index contributed by atoms with van der Waals surface area (Å²) in [5.74, 6) is -0.924. The first kappa shape index (κ1) is 17.0. The van der Waals surface area contributed by atoms with Crippen molar-refractivity contribution in [3.05, 3.63) is 24.3 Å². The molecule has 0 spiro atoms. The van der Waals surface area contributed by atoms with Crippen molar-refractivity contribution in [1.29, 1.82) is 0 Å². The fraction of sp³-hybridized carbons (Fsp3) is 0.385. The van der Waals surface area contributed by atoms with E-state index in [1.807, 2.05) is 0 Å². The molecule has 1 aromatic carbocycles. The van der Waals surface area contributed by atoms with Gasteiger partial charge in [-0.15, -0.1) is 0 Å². The average Bonchev–Trinajstić information content (AvgIpc) is 2.36. The smallest absolute Gasteiger partial charge is 0.359 e. The van der Waals surface area contributed by atoms with E-state index in [4.69, 9.17) is 0 Å². The molecule has 21 heavy (non-hydrogen) atoms. The second-order valence-corrected chi connectivity index (χ2v) is 4.32. The van der Waals surface area contributed by atoms with Crippen molar-refractivity contribution in [2.75, 3.05) is 17.2 Å². The highest BCUT2D eigenvalue weighted by molar-refractivity contribution is 5.94. The Kier molecular flexibility index (Phi) is 5.71. The van der Waals surface area contributed by atoms with E-state index in [-0.39, 0.29) is 5.91 Å². The van der Waals surface area contributed by atoms with Crippen LogP contribution in [0.4, 0.5) is 24.5 Å². The summed E-state index contributed by atoms with van der Waals surface area (Å²) < 4.78 is 40.3. The summed E-state index contributed by atoms with van der Waals surface area (Å²) in [6.45, 7) is 1.10. The molecule has 0 saturated carbocycles. The zero-order valence-electron chi connectivity index (χ0n) is 11.5. The van der Waals surface area contributed by atoms with Crippen LogP contribution in [0.25, 0.3) is 0 Å². The molecule has 0 aliphatic heterocycles. The molecule has 0 fully saturated rings. The van der Waals surface area contributed by atoms with Crippen LogP contribution in [-0.4, -0.2) is 30.7 Å². The Morgan fingerprint density at radius 2 is 1.62 bits per heavy atom. The standard InChI is InChI=1S/C13H15F3N2O3/c1-8(21-7-13(14,15)16)12(20)18-11-5-3-10(4-6-11)17-9(2)19/h3-6,8H,7H2,1-2H3,(H,17,19)(H,18,20)/t8-/m0/s1. The van der Waals surface area contributed by atoms with Crippen molar-refractivity contribution >= 4 is 23.2 Å². The lowest BCUT2D eigenvalue weighted by Gasteiger charge is -2.15. The Hall–Kier alpha value is -2.09. The first-order valence-electron chi connectivity index (χ1n) is 6.04. The van der Waals surface area contributed by atoms with E-state index < -0.39 is 24.8 Å². The number of carbonyl (C=O) groups is 2. The fourth-order valence-electron chi connectivity index (χ4n) is 1.38. The number of nitrogens with one attached hydrogen (secondary N) is 2. The van der Waals surface area contributed by atoms with E-state index in [2.05, 4.69) is 15.4 Å². The largest absolute Gasteiger partial charge is 0.411 e. The Labute approximate surface area is 119 Å². The maximum absolute atomic E-state index is 12.0. The van der Waals surface area contributed by atoms with E-state index in [1.165, 1.54) is 26.0 Å². The van der Waals surface area contributed by atoms with Gasteiger partial charge in [0, 0.05) is 18.3 Å². The Morgan fingerprint density at radius 3 is 2.05 bits per heavy atom. The van der Waals surface area contributed by atoms with Crippen molar-refractivity contribution in [3.8, 4) is 0 Å². The second kappa shape index (κ2) is 7.07. The number of halogens is 3. The third kappa shape index (κ3) is 6.75. The maximum Gasteiger partial charge on any atom is 0.411 e. The summed E-state index contributed by atoms with van der Waals surface area (Å²) in [7, 11) is 0. The summed E-state index contributed by atoms with van der Waals surface area (Å²) >= 11 is 0. The number of rotatable bonds is 5. The lowest BCUT2D eigenvalue weighted by Crippen LogP contribution is -2.31. The molecule has 1 atom stereocenters. The lowest BCUT2D eigenvalue weighted by atomic mass is 10.2. The Balaban J connectivity index is 2.52. The van der Waals surface area contributed by atoms with E-state index in [0.29, 0.717) is 11.4 Å². The molecule has 0 radical (unpaired) electrons. The van der Waals surface area contributed by atoms with Crippen LogP contribution in [0, 0.1) is 0 Å². The molecule has 1 aromatic rings. The van der Waals surface area contributed by atoms with Crippen molar-refractivity contribution < 1.29 is 27.5 Å². The molecule has 5 nitrogen and oxygen atoms in total. The number of hydrogen-bond donors (Lipinski definition) is 2. The molecular formula is C13H15F3N2O3. The number of alkyl halides is 3. The molecule has 0 aliphatic carbocycles. The number of benzene rings is 1. The Bertz CT molecular complexity index is 500. The third-order valence-electron chi connectivity index (χ3n) is 2.34. The van der Waals surface area contributed by atoms with Crippen molar-refractivity contribution in [3.63, 3.8) is 0 Å². The zero-order valence-corrected chi connectivity index (χ0v) is 11.5. The van der Waals surface area contributed by atoms with Gasteiger partial charge in [-0.1, -0.05) is 0 Å². The first-order chi connectivity index (χ1) is 9.67. The molecule has 0 heterocycles. The minimum absolute atomic E-state index is 0.235. The zero-order chi connectivity index (χ0) is 16.0. The van der Waals surface area contributed by atoms with Crippen LogP contribution in [0.15, 0.2) is 24.3 Å². The van der Waals surface area contributed by atoms with Gasteiger partial charge in [-0.05, 0) is 31.2 Å². The summed E-state index contributed by atoms with van der Waals surface area (Å²) in [6, 6.07) is 6.13. The minimum Gasteiger partial charge on any atom is -0.359 e. The molecule has 8 heteroatoms. The van der Waals surface area contributed by atoms with Crippen LogP contribution < -0.4 is 10.6 Å². The predicted octanol–water partition coefficient (Wildman–Crippen LogP) is 2.55. The highest BCUT2D eigenvalue weighted by atomic mass is 19.4. The Morgan fingerprint density at radius 1 is 1.14 bits per heavy atom.